The molecule has 0 aliphatic heterocycles. The zero-order valence-corrected chi connectivity index (χ0v) is 18.5. The maximum absolute atomic E-state index is 11.5. The summed E-state index contributed by atoms with van der Waals surface area (Å²) < 4.78 is 22.2. The Balaban J connectivity index is 1.36. The summed E-state index contributed by atoms with van der Waals surface area (Å²) in [7, 11) is 1.37. The Hall–Kier alpha value is -4.13. The lowest BCUT2D eigenvalue weighted by Crippen LogP contribution is -2.04. The summed E-state index contributed by atoms with van der Waals surface area (Å²) in [5, 5.41) is 0. The lowest BCUT2D eigenvalue weighted by molar-refractivity contribution is -0.139. The average molecular weight is 444 g/mol. The van der Waals surface area contributed by atoms with E-state index in [4.69, 9.17) is 18.6 Å². The predicted octanol–water partition coefficient (Wildman–Crippen LogP) is 4.92. The molecule has 0 bridgehead atoms. The molecule has 2 aromatic heterocycles. The number of pyridine rings is 1. The van der Waals surface area contributed by atoms with Crippen molar-refractivity contribution in [3.8, 4) is 23.1 Å². The lowest BCUT2D eigenvalue weighted by atomic mass is 10.1. The van der Waals surface area contributed by atoms with Crippen LogP contribution in [0.4, 0.5) is 0 Å². The molecule has 2 heterocycles. The fourth-order valence-electron chi connectivity index (χ4n) is 3.18. The molecule has 0 saturated carbocycles. The Morgan fingerprint density at radius 2 is 1.79 bits per heavy atom. The molecule has 2 aromatic carbocycles. The van der Waals surface area contributed by atoms with Gasteiger partial charge in [-0.15, -0.1) is 0 Å². The van der Waals surface area contributed by atoms with E-state index >= 15 is 0 Å². The number of hydrogen-bond acceptors (Lipinski definition) is 7. The van der Waals surface area contributed by atoms with Crippen molar-refractivity contribution in [2.75, 3.05) is 7.11 Å². The molecule has 0 saturated heterocycles. The zero-order chi connectivity index (χ0) is 23.0. The number of aromatic nitrogens is 2. The first-order valence-electron chi connectivity index (χ1n) is 10.5. The minimum Gasteiger partial charge on any atom is -0.489 e. The van der Waals surface area contributed by atoms with Gasteiger partial charge in [0, 0.05) is 17.8 Å². The van der Waals surface area contributed by atoms with Crippen LogP contribution in [0.1, 0.15) is 22.6 Å². The highest BCUT2D eigenvalue weighted by atomic mass is 16.5. The Bertz CT molecular complexity index is 1220. The van der Waals surface area contributed by atoms with Crippen LogP contribution in [0.2, 0.25) is 0 Å². The number of esters is 1. The van der Waals surface area contributed by atoms with Gasteiger partial charge in [-0.2, -0.15) is 0 Å². The van der Waals surface area contributed by atoms with E-state index in [1.165, 1.54) is 7.11 Å². The fourth-order valence-corrected chi connectivity index (χ4v) is 3.18. The first-order chi connectivity index (χ1) is 16.1. The van der Waals surface area contributed by atoms with Crippen molar-refractivity contribution < 1.29 is 23.4 Å². The molecule has 0 unspecified atom stereocenters. The van der Waals surface area contributed by atoms with Crippen molar-refractivity contribution in [1.29, 1.82) is 0 Å². The molecular formula is C26H24N2O5. The van der Waals surface area contributed by atoms with Crippen LogP contribution in [0.3, 0.4) is 0 Å². The van der Waals surface area contributed by atoms with E-state index in [1.54, 1.807) is 6.20 Å². The van der Waals surface area contributed by atoms with Gasteiger partial charge in [0.15, 0.2) is 0 Å². The van der Waals surface area contributed by atoms with Gasteiger partial charge in [-0.05, 0) is 48.4 Å². The van der Waals surface area contributed by atoms with Crippen LogP contribution >= 0.6 is 0 Å². The van der Waals surface area contributed by atoms with Crippen LogP contribution < -0.4 is 9.47 Å². The maximum Gasteiger partial charge on any atom is 0.309 e. The number of carbonyl (C=O) groups excluding carboxylic acids is 1. The van der Waals surface area contributed by atoms with Crippen LogP contribution in [-0.4, -0.2) is 23.0 Å². The molecule has 0 fully saturated rings. The van der Waals surface area contributed by atoms with Gasteiger partial charge < -0.3 is 18.6 Å². The second-order valence-corrected chi connectivity index (χ2v) is 7.37. The van der Waals surface area contributed by atoms with Gasteiger partial charge in [0.05, 0.1) is 13.5 Å². The van der Waals surface area contributed by atoms with E-state index in [-0.39, 0.29) is 19.0 Å². The number of oxazole rings is 1. The Morgan fingerprint density at radius 3 is 2.61 bits per heavy atom. The Morgan fingerprint density at radius 1 is 0.939 bits per heavy atom. The van der Waals surface area contributed by atoms with Crippen LogP contribution in [0, 0.1) is 6.92 Å². The molecule has 33 heavy (non-hydrogen) atoms. The number of benzene rings is 2. The lowest BCUT2D eigenvalue weighted by Gasteiger charge is -2.09. The number of carbonyl (C=O) groups is 1. The average Bonchev–Trinajstić information content (AvgIpc) is 3.23. The van der Waals surface area contributed by atoms with E-state index in [0.29, 0.717) is 29.9 Å². The normalized spacial score (nSPS) is 10.6. The van der Waals surface area contributed by atoms with Crippen LogP contribution in [0.25, 0.3) is 11.5 Å². The first kappa shape index (κ1) is 22.1. The molecule has 168 valence electrons. The summed E-state index contributed by atoms with van der Waals surface area (Å²) in [6.45, 7) is 2.45. The van der Waals surface area contributed by atoms with Crippen LogP contribution in [0.5, 0.6) is 11.6 Å². The second-order valence-electron chi connectivity index (χ2n) is 7.37. The van der Waals surface area contributed by atoms with Gasteiger partial charge in [0.25, 0.3) is 0 Å². The standard InChI is InChI=1S/C26H24N2O5/c1-18-23(28-26(33-18)21-8-4-3-5-9-21)17-32-24-14-20(11-12-27-24)16-31-22-10-6-7-19(13-22)15-25(29)30-2/h3-14H,15-17H2,1-2H3. The van der Waals surface area contributed by atoms with Gasteiger partial charge in [0.1, 0.15) is 30.4 Å². The van der Waals surface area contributed by atoms with Crippen molar-refractivity contribution in [2.24, 2.45) is 0 Å². The smallest absolute Gasteiger partial charge is 0.309 e. The maximum atomic E-state index is 11.5. The molecule has 4 rings (SSSR count). The minimum absolute atomic E-state index is 0.203. The highest BCUT2D eigenvalue weighted by molar-refractivity contribution is 5.72. The summed E-state index contributed by atoms with van der Waals surface area (Å²) >= 11 is 0. The quantitative estimate of drug-likeness (QED) is 0.339. The van der Waals surface area contributed by atoms with Gasteiger partial charge in [-0.25, -0.2) is 9.97 Å². The molecule has 0 atom stereocenters. The number of ether oxygens (including phenoxy) is 3. The summed E-state index contributed by atoms with van der Waals surface area (Å²) in [5.41, 5.74) is 3.37. The molecule has 0 spiro atoms. The molecule has 0 amide bonds. The molecule has 0 aliphatic carbocycles. The molecule has 4 aromatic rings. The highest BCUT2D eigenvalue weighted by Gasteiger charge is 2.12. The number of nitrogens with zero attached hydrogens (tertiary/aromatic N) is 2. The summed E-state index contributed by atoms with van der Waals surface area (Å²) in [5.74, 6) is 2.12. The van der Waals surface area contributed by atoms with Gasteiger partial charge in [0.2, 0.25) is 11.8 Å². The highest BCUT2D eigenvalue weighted by Crippen LogP contribution is 2.23. The number of aryl methyl sites for hydroxylation is 1. The molecule has 0 radical (unpaired) electrons. The molecule has 0 N–H and O–H groups in total. The van der Waals surface area contributed by atoms with Crippen molar-refractivity contribution in [3.05, 3.63) is 95.5 Å². The third-order valence-corrected chi connectivity index (χ3v) is 4.95. The van der Waals surface area contributed by atoms with Crippen molar-refractivity contribution in [2.45, 2.75) is 26.6 Å². The first-order valence-corrected chi connectivity index (χ1v) is 10.5. The minimum atomic E-state index is -0.290. The number of hydrogen-bond donors (Lipinski definition) is 0. The predicted molar refractivity (Wildman–Crippen MR) is 122 cm³/mol. The van der Waals surface area contributed by atoms with Crippen molar-refractivity contribution >= 4 is 5.97 Å². The SMILES string of the molecule is COC(=O)Cc1cccc(OCc2ccnc(OCc3nc(-c4ccccc4)oc3C)c2)c1. The van der Waals surface area contributed by atoms with Gasteiger partial charge >= 0.3 is 5.97 Å². The van der Waals surface area contributed by atoms with E-state index in [0.717, 1.165) is 22.4 Å². The van der Waals surface area contributed by atoms with E-state index in [2.05, 4.69) is 9.97 Å². The molecule has 0 aliphatic rings. The second kappa shape index (κ2) is 10.5. The third-order valence-electron chi connectivity index (χ3n) is 4.95. The fraction of sp³-hybridized carbons (Fsp3) is 0.192. The summed E-state index contributed by atoms with van der Waals surface area (Å²) in [6.07, 6.45) is 1.88. The van der Waals surface area contributed by atoms with E-state index < -0.39 is 0 Å². The monoisotopic (exact) mass is 444 g/mol. The Labute approximate surface area is 192 Å². The molecule has 7 heteroatoms. The number of rotatable bonds is 9. The van der Waals surface area contributed by atoms with Gasteiger partial charge in [-0.1, -0.05) is 30.3 Å². The van der Waals surface area contributed by atoms with E-state index in [1.807, 2.05) is 73.7 Å². The van der Waals surface area contributed by atoms with Crippen LogP contribution in [-0.2, 0) is 29.2 Å². The third kappa shape index (κ3) is 5.98. The van der Waals surface area contributed by atoms with Crippen LogP contribution in [0.15, 0.2) is 77.3 Å². The molecule has 7 nitrogen and oxygen atoms in total. The van der Waals surface area contributed by atoms with E-state index in [9.17, 15) is 4.79 Å². The largest absolute Gasteiger partial charge is 0.489 e. The van der Waals surface area contributed by atoms with Crippen molar-refractivity contribution in [1.82, 2.24) is 9.97 Å². The van der Waals surface area contributed by atoms with Crippen molar-refractivity contribution in [3.63, 3.8) is 0 Å². The zero-order valence-electron chi connectivity index (χ0n) is 18.5. The summed E-state index contributed by atoms with van der Waals surface area (Å²) in [4.78, 5) is 20.3. The van der Waals surface area contributed by atoms with Gasteiger partial charge in [-0.3, -0.25) is 4.79 Å². The summed E-state index contributed by atoms with van der Waals surface area (Å²) in [6, 6.07) is 20.8. The number of methoxy groups -OCH3 is 1. The molecular weight excluding hydrogens is 420 g/mol. The topological polar surface area (TPSA) is 83.7 Å². The Kier molecular flexibility index (Phi) is 6.99.